The molecule has 0 saturated carbocycles. The lowest BCUT2D eigenvalue weighted by Gasteiger charge is -2.05. The smallest absolute Gasteiger partial charge is 0.321 e. The van der Waals surface area contributed by atoms with E-state index in [2.05, 4.69) is 32.4 Å². The summed E-state index contributed by atoms with van der Waals surface area (Å²) in [6.45, 7) is 0. The molecule has 0 saturated heterocycles. The molecular weight excluding hydrogens is 248 g/mol. The minimum Gasteiger partial charge on any atom is -0.467 e. The maximum Gasteiger partial charge on any atom is 0.321 e. The summed E-state index contributed by atoms with van der Waals surface area (Å²) in [5, 5.41) is 3.53. The molecule has 1 N–H and O–H groups in total. The minimum atomic E-state index is 0.324. The molecule has 0 radical (unpaired) electrons. The van der Waals surface area contributed by atoms with E-state index in [-0.39, 0.29) is 0 Å². The zero-order valence-corrected chi connectivity index (χ0v) is 11.1. The summed E-state index contributed by atoms with van der Waals surface area (Å²) < 4.78 is 5.03. The number of methoxy groups -OCH3 is 1. The van der Waals surface area contributed by atoms with E-state index in [1.54, 1.807) is 25.9 Å². The van der Waals surface area contributed by atoms with Gasteiger partial charge in [-0.05, 0) is 5.56 Å². The van der Waals surface area contributed by atoms with Crippen molar-refractivity contribution in [1.82, 2.24) is 15.0 Å². The molecule has 0 spiro atoms. The predicted molar refractivity (Wildman–Crippen MR) is 71.9 cm³/mol. The number of hydrogen-bond donors (Lipinski definition) is 1. The van der Waals surface area contributed by atoms with Crippen LogP contribution in [-0.2, 0) is 5.75 Å². The van der Waals surface area contributed by atoms with Crippen LogP contribution >= 0.6 is 11.8 Å². The van der Waals surface area contributed by atoms with Crippen LogP contribution < -0.4 is 10.1 Å². The summed E-state index contributed by atoms with van der Waals surface area (Å²) >= 11 is 1.55. The Kier molecular flexibility index (Phi) is 4.35. The first-order chi connectivity index (χ1) is 8.81. The fraction of sp³-hybridized carbons (Fsp3) is 0.250. The van der Waals surface area contributed by atoms with Gasteiger partial charge in [0.2, 0.25) is 5.95 Å². The van der Waals surface area contributed by atoms with Crippen molar-refractivity contribution in [1.29, 1.82) is 0 Å². The van der Waals surface area contributed by atoms with Gasteiger partial charge in [-0.25, -0.2) is 0 Å². The van der Waals surface area contributed by atoms with Crippen LogP contribution in [0.15, 0.2) is 35.5 Å². The van der Waals surface area contributed by atoms with Gasteiger partial charge < -0.3 is 10.1 Å². The molecule has 2 rings (SSSR count). The zero-order valence-electron chi connectivity index (χ0n) is 10.3. The van der Waals surface area contributed by atoms with Gasteiger partial charge >= 0.3 is 6.01 Å². The third kappa shape index (κ3) is 3.33. The highest BCUT2D eigenvalue weighted by Gasteiger charge is 2.06. The molecule has 5 nitrogen and oxygen atoms in total. The van der Waals surface area contributed by atoms with Crippen LogP contribution in [0.25, 0.3) is 0 Å². The standard InChI is InChI=1S/C12H14N4OS/c1-13-10-14-11(17-2)16-12(15-10)18-8-9-6-4-3-5-7-9/h3-7H,8H2,1-2H3,(H,13,14,15,16). The highest BCUT2D eigenvalue weighted by molar-refractivity contribution is 7.98. The van der Waals surface area contributed by atoms with Crippen molar-refractivity contribution in [3.63, 3.8) is 0 Å². The van der Waals surface area contributed by atoms with Gasteiger partial charge in [0.25, 0.3) is 0 Å². The molecule has 2 aromatic rings. The van der Waals surface area contributed by atoms with Gasteiger partial charge in [0.1, 0.15) is 0 Å². The third-order valence-electron chi connectivity index (χ3n) is 2.21. The first kappa shape index (κ1) is 12.6. The van der Waals surface area contributed by atoms with Crippen LogP contribution in [0.1, 0.15) is 5.56 Å². The molecule has 1 heterocycles. The number of ether oxygens (including phenoxy) is 1. The number of hydrogen-bond acceptors (Lipinski definition) is 6. The summed E-state index contributed by atoms with van der Waals surface area (Å²) in [4.78, 5) is 12.5. The number of nitrogens with zero attached hydrogens (tertiary/aromatic N) is 3. The SMILES string of the molecule is CNc1nc(OC)nc(SCc2ccccc2)n1. The zero-order chi connectivity index (χ0) is 12.8. The molecule has 94 valence electrons. The normalized spacial score (nSPS) is 10.1. The summed E-state index contributed by atoms with van der Waals surface area (Å²) in [5.41, 5.74) is 1.23. The molecule has 0 atom stereocenters. The fourth-order valence-electron chi connectivity index (χ4n) is 1.33. The highest BCUT2D eigenvalue weighted by Crippen LogP contribution is 2.21. The van der Waals surface area contributed by atoms with Crippen molar-refractivity contribution in [3.05, 3.63) is 35.9 Å². The second-order valence-electron chi connectivity index (χ2n) is 3.45. The van der Waals surface area contributed by atoms with Crippen LogP contribution in [0.3, 0.4) is 0 Å². The lowest BCUT2D eigenvalue weighted by Crippen LogP contribution is -2.02. The third-order valence-corrected chi connectivity index (χ3v) is 3.13. The maximum absolute atomic E-state index is 5.03. The molecule has 0 aliphatic rings. The molecule has 0 bridgehead atoms. The summed E-state index contributed by atoms with van der Waals surface area (Å²) in [5.74, 6) is 1.33. The van der Waals surface area contributed by atoms with Crippen LogP contribution in [0.2, 0.25) is 0 Å². The quantitative estimate of drug-likeness (QED) is 0.834. The second-order valence-corrected chi connectivity index (χ2v) is 4.40. The van der Waals surface area contributed by atoms with Crippen molar-refractivity contribution in [3.8, 4) is 6.01 Å². The second kappa shape index (κ2) is 6.20. The van der Waals surface area contributed by atoms with E-state index in [1.165, 1.54) is 5.56 Å². The van der Waals surface area contributed by atoms with E-state index in [0.29, 0.717) is 17.1 Å². The Morgan fingerprint density at radius 3 is 2.61 bits per heavy atom. The Morgan fingerprint density at radius 1 is 1.17 bits per heavy atom. The van der Waals surface area contributed by atoms with Crippen molar-refractivity contribution >= 4 is 17.7 Å². The Hall–Kier alpha value is -1.82. The summed E-state index contributed by atoms with van der Waals surface area (Å²) in [6.07, 6.45) is 0. The van der Waals surface area contributed by atoms with Crippen molar-refractivity contribution in [2.24, 2.45) is 0 Å². The van der Waals surface area contributed by atoms with Crippen LogP contribution in [0.5, 0.6) is 6.01 Å². The number of aromatic nitrogens is 3. The average molecular weight is 262 g/mol. The van der Waals surface area contributed by atoms with Crippen molar-refractivity contribution in [2.45, 2.75) is 10.9 Å². The Morgan fingerprint density at radius 2 is 1.94 bits per heavy atom. The fourth-order valence-corrected chi connectivity index (χ4v) is 2.11. The molecule has 18 heavy (non-hydrogen) atoms. The van der Waals surface area contributed by atoms with Crippen LogP contribution in [0, 0.1) is 0 Å². The maximum atomic E-state index is 5.03. The van der Waals surface area contributed by atoms with Gasteiger partial charge in [0.15, 0.2) is 5.16 Å². The Balaban J connectivity index is 2.09. The van der Waals surface area contributed by atoms with Crippen molar-refractivity contribution in [2.75, 3.05) is 19.5 Å². The van der Waals surface area contributed by atoms with Gasteiger partial charge in [-0.15, -0.1) is 0 Å². The lowest BCUT2D eigenvalue weighted by molar-refractivity contribution is 0.374. The average Bonchev–Trinajstić information content (AvgIpc) is 2.45. The van der Waals surface area contributed by atoms with Crippen LogP contribution in [-0.4, -0.2) is 29.1 Å². The molecule has 1 aromatic carbocycles. The van der Waals surface area contributed by atoms with Gasteiger partial charge in [0.05, 0.1) is 7.11 Å². The predicted octanol–water partition coefficient (Wildman–Crippen LogP) is 2.21. The number of anilines is 1. The number of benzene rings is 1. The Labute approximate surface area is 110 Å². The molecule has 0 aliphatic heterocycles. The molecule has 6 heteroatoms. The summed E-state index contributed by atoms with van der Waals surface area (Å²) in [7, 11) is 3.31. The molecule has 1 aromatic heterocycles. The molecule has 0 amide bonds. The van der Waals surface area contributed by atoms with E-state index >= 15 is 0 Å². The minimum absolute atomic E-state index is 0.324. The molecule has 0 unspecified atom stereocenters. The van der Waals surface area contributed by atoms with Crippen LogP contribution in [0.4, 0.5) is 5.95 Å². The molecule has 0 aliphatic carbocycles. The van der Waals surface area contributed by atoms with Gasteiger partial charge in [-0.2, -0.15) is 15.0 Å². The summed E-state index contributed by atoms with van der Waals surface area (Å²) in [6, 6.07) is 10.5. The van der Waals surface area contributed by atoms with Gasteiger partial charge in [0, 0.05) is 12.8 Å². The van der Waals surface area contributed by atoms with E-state index in [4.69, 9.17) is 4.74 Å². The van der Waals surface area contributed by atoms with Gasteiger partial charge in [-0.3, -0.25) is 0 Å². The first-order valence-corrected chi connectivity index (χ1v) is 6.45. The lowest BCUT2D eigenvalue weighted by atomic mass is 10.2. The molecular formula is C12H14N4OS. The van der Waals surface area contributed by atoms with E-state index in [1.807, 2.05) is 18.2 Å². The number of nitrogens with one attached hydrogen (secondary N) is 1. The Bertz CT molecular complexity index is 484. The number of rotatable bonds is 5. The van der Waals surface area contributed by atoms with E-state index in [0.717, 1.165) is 5.75 Å². The number of thioether (sulfide) groups is 1. The van der Waals surface area contributed by atoms with Gasteiger partial charge in [-0.1, -0.05) is 42.1 Å². The van der Waals surface area contributed by atoms with Crippen molar-refractivity contribution < 1.29 is 4.74 Å². The largest absolute Gasteiger partial charge is 0.467 e. The van der Waals surface area contributed by atoms with E-state index < -0.39 is 0 Å². The monoisotopic (exact) mass is 262 g/mol. The first-order valence-electron chi connectivity index (χ1n) is 5.46. The van der Waals surface area contributed by atoms with E-state index in [9.17, 15) is 0 Å². The topological polar surface area (TPSA) is 59.9 Å². The molecule has 0 fully saturated rings. The highest BCUT2D eigenvalue weighted by atomic mass is 32.2.